The first-order valence-corrected chi connectivity index (χ1v) is 4.69. The summed E-state index contributed by atoms with van der Waals surface area (Å²) in [7, 11) is 0. The molecule has 0 aromatic heterocycles. The quantitative estimate of drug-likeness (QED) is 0.630. The molecule has 0 aliphatic rings. The number of anilines is 1. The van der Waals surface area contributed by atoms with Crippen LogP contribution in [0.25, 0.3) is 0 Å². The lowest BCUT2D eigenvalue weighted by atomic mass is 9.99. The summed E-state index contributed by atoms with van der Waals surface area (Å²) in [6.45, 7) is 1.03. The number of carbonyl (C=O) groups excluding carboxylic acids is 1. The number of rotatable bonds is 4. The van der Waals surface area contributed by atoms with Gasteiger partial charge >= 0.3 is 5.97 Å². The second-order valence-corrected chi connectivity index (χ2v) is 3.54. The number of hydrogen-bond acceptors (Lipinski definition) is 3. The second kappa shape index (κ2) is 4.99. The van der Waals surface area contributed by atoms with Crippen LogP contribution >= 0.6 is 11.6 Å². The van der Waals surface area contributed by atoms with E-state index in [-0.39, 0.29) is 10.7 Å². The van der Waals surface area contributed by atoms with E-state index in [1.54, 1.807) is 0 Å². The Balaban J connectivity index is 3.35. The molecule has 1 atom stereocenters. The molecule has 16 heavy (non-hydrogen) atoms. The number of carboxylic acid groups (broad SMARTS) is 1. The highest BCUT2D eigenvalue weighted by Gasteiger charge is 2.18. The van der Waals surface area contributed by atoms with E-state index < -0.39 is 47.8 Å². The van der Waals surface area contributed by atoms with Gasteiger partial charge < -0.3 is 10.8 Å². The van der Waals surface area contributed by atoms with Gasteiger partial charge in [0.25, 0.3) is 0 Å². The maximum Gasteiger partial charge on any atom is 0.306 e. The molecule has 86 valence electrons. The van der Waals surface area contributed by atoms with Crippen molar-refractivity contribution >= 4 is 29.0 Å². The van der Waals surface area contributed by atoms with E-state index in [0.29, 0.717) is 0 Å². The molecule has 1 aromatic carbocycles. The Kier molecular flexibility index (Phi) is 2.39. The summed E-state index contributed by atoms with van der Waals surface area (Å²) in [4.78, 5) is 22.9. The minimum absolute atomic E-state index is 0.351. The molecule has 3 N–H and O–H groups in total. The molecular formula is C11H12ClNO3. The first-order valence-electron chi connectivity index (χ1n) is 6.32. The van der Waals surface area contributed by atoms with Crippen LogP contribution in [-0.4, -0.2) is 16.9 Å². The fourth-order valence-corrected chi connectivity index (χ4v) is 1.17. The van der Waals surface area contributed by atoms with Gasteiger partial charge in [-0.2, -0.15) is 0 Å². The molecule has 5 heteroatoms. The molecule has 0 bridgehead atoms. The predicted octanol–water partition coefficient (Wildman–Crippen LogP) is 2.22. The van der Waals surface area contributed by atoms with E-state index in [9.17, 15) is 9.59 Å². The first kappa shape index (κ1) is 7.68. The molecule has 1 rings (SSSR count). The van der Waals surface area contributed by atoms with Crippen molar-refractivity contribution in [3.63, 3.8) is 0 Å². The van der Waals surface area contributed by atoms with E-state index in [2.05, 4.69) is 0 Å². The topological polar surface area (TPSA) is 80.4 Å². The molecule has 0 radical (unpaired) electrons. The Morgan fingerprint density at radius 1 is 1.69 bits per heavy atom. The number of halogens is 1. The van der Waals surface area contributed by atoms with Crippen LogP contribution in [0.1, 0.15) is 29.2 Å². The minimum atomic E-state index is -2.08. The van der Waals surface area contributed by atoms with Crippen LogP contribution in [0.4, 0.5) is 5.69 Å². The standard InChI is InChI=1S/C11H12ClNO3/c1-6(11(15)16)4-10(14)8-3-2-7(12)5-9(8)13/h2-3,5-6H,4,13H2,1H3,(H,15,16)/t6-/m0/s1/i2D,3D,5D,6D. The van der Waals surface area contributed by atoms with E-state index in [1.807, 2.05) is 0 Å². The van der Waals surface area contributed by atoms with E-state index in [0.717, 1.165) is 6.92 Å². The van der Waals surface area contributed by atoms with Crippen molar-refractivity contribution in [2.24, 2.45) is 5.89 Å². The average Bonchev–Trinajstić information content (AvgIpc) is 2.33. The predicted molar refractivity (Wildman–Crippen MR) is 61.6 cm³/mol. The molecule has 0 saturated heterocycles. The summed E-state index contributed by atoms with van der Waals surface area (Å²) in [6, 6.07) is -1.57. The van der Waals surface area contributed by atoms with Gasteiger partial charge in [0.15, 0.2) is 5.78 Å². The van der Waals surface area contributed by atoms with E-state index in [4.69, 9.17) is 27.9 Å². The highest BCUT2D eigenvalue weighted by molar-refractivity contribution is 6.31. The summed E-state index contributed by atoms with van der Waals surface area (Å²) < 4.78 is 30.2. The van der Waals surface area contributed by atoms with Crippen LogP contribution in [0.2, 0.25) is 5.02 Å². The maximum absolute atomic E-state index is 12.0. The third-order valence-electron chi connectivity index (χ3n) is 1.88. The van der Waals surface area contributed by atoms with Crippen LogP contribution in [0, 0.1) is 5.89 Å². The largest absolute Gasteiger partial charge is 0.481 e. The van der Waals surface area contributed by atoms with Gasteiger partial charge in [-0.15, -0.1) is 0 Å². The smallest absolute Gasteiger partial charge is 0.306 e. The molecule has 0 spiro atoms. The number of Topliss-reactive ketones (excluding diaryl/α,β-unsaturated/α-hetero) is 1. The highest BCUT2D eigenvalue weighted by Crippen LogP contribution is 2.20. The number of nitrogens with two attached hydrogens (primary N) is 1. The third kappa shape index (κ3) is 2.97. The number of nitrogen functional groups attached to an aromatic ring is 1. The lowest BCUT2D eigenvalue weighted by Gasteiger charge is -2.07. The van der Waals surface area contributed by atoms with Crippen molar-refractivity contribution in [3.8, 4) is 0 Å². The van der Waals surface area contributed by atoms with Crippen molar-refractivity contribution in [1.82, 2.24) is 0 Å². The average molecular weight is 246 g/mol. The van der Waals surface area contributed by atoms with Gasteiger partial charge in [-0.3, -0.25) is 9.59 Å². The van der Waals surface area contributed by atoms with Gasteiger partial charge in [0.1, 0.15) is 0 Å². The fourth-order valence-electron chi connectivity index (χ4n) is 1.02. The van der Waals surface area contributed by atoms with E-state index >= 15 is 0 Å². The van der Waals surface area contributed by atoms with Crippen LogP contribution in [0.15, 0.2) is 18.1 Å². The van der Waals surface area contributed by atoms with Crippen molar-refractivity contribution in [2.75, 3.05) is 5.73 Å². The number of hydrogen-bond donors (Lipinski definition) is 2. The zero-order valence-corrected chi connectivity index (χ0v) is 9.18. The third-order valence-corrected chi connectivity index (χ3v) is 2.07. The number of aliphatic carboxylic acids is 1. The van der Waals surface area contributed by atoms with Crippen LogP contribution in [0.5, 0.6) is 0 Å². The van der Waals surface area contributed by atoms with Gasteiger partial charge in [0, 0.05) is 24.1 Å². The summed E-state index contributed by atoms with van der Waals surface area (Å²) >= 11 is 5.63. The normalized spacial score (nSPS) is 17.6. The van der Waals surface area contributed by atoms with Gasteiger partial charge in [-0.1, -0.05) is 18.5 Å². The molecule has 0 unspecified atom stereocenters. The van der Waals surface area contributed by atoms with Gasteiger partial charge in [0.05, 0.1) is 10.0 Å². The molecule has 0 aliphatic heterocycles. The molecule has 0 amide bonds. The molecule has 0 aliphatic carbocycles. The highest BCUT2D eigenvalue weighted by atomic mass is 35.5. The van der Waals surface area contributed by atoms with Crippen LogP contribution in [0.3, 0.4) is 0 Å². The summed E-state index contributed by atoms with van der Waals surface area (Å²) in [6.07, 6.45) is -0.723. The van der Waals surface area contributed by atoms with Crippen molar-refractivity contribution in [2.45, 2.75) is 13.3 Å². The minimum Gasteiger partial charge on any atom is -0.481 e. The summed E-state index contributed by atoms with van der Waals surface area (Å²) in [5.41, 5.74) is 4.72. The lowest BCUT2D eigenvalue weighted by Crippen LogP contribution is -2.15. The molecule has 1 aromatic rings. The number of carboxylic acids is 1. The molecule has 4 nitrogen and oxygen atoms in total. The molecule has 0 fully saturated rings. The van der Waals surface area contributed by atoms with E-state index in [1.165, 1.54) is 0 Å². The summed E-state index contributed by atoms with van der Waals surface area (Å²) in [5, 5.41) is 8.46. The fraction of sp³-hybridized carbons (Fsp3) is 0.273. The monoisotopic (exact) mass is 245 g/mol. The van der Waals surface area contributed by atoms with Crippen molar-refractivity contribution < 1.29 is 20.2 Å². The SMILES string of the molecule is [2H]c1c([2H])c(C(=O)C[C@]([2H])(C)C(=O)O)c(N)c([2H])c1Cl. The Hall–Kier alpha value is -1.55. The van der Waals surface area contributed by atoms with Crippen molar-refractivity contribution in [1.29, 1.82) is 0 Å². The summed E-state index contributed by atoms with van der Waals surface area (Å²) in [5.74, 6) is -4.46. The molecule has 0 saturated carbocycles. The molecule has 0 heterocycles. The zero-order valence-electron chi connectivity index (χ0n) is 12.4. The first-order chi connectivity index (χ1) is 9.00. The van der Waals surface area contributed by atoms with Crippen molar-refractivity contribution in [3.05, 3.63) is 28.7 Å². The zero-order chi connectivity index (χ0) is 15.8. The van der Waals surface area contributed by atoms with Crippen LogP contribution in [-0.2, 0) is 4.79 Å². The number of carbonyl (C=O) groups is 2. The number of benzene rings is 1. The Bertz CT molecular complexity index is 575. The maximum atomic E-state index is 12.0. The Morgan fingerprint density at radius 2 is 2.31 bits per heavy atom. The lowest BCUT2D eigenvalue weighted by molar-refractivity contribution is -0.141. The number of ketones is 1. The Labute approximate surface area is 104 Å². The Morgan fingerprint density at radius 3 is 2.88 bits per heavy atom. The van der Waals surface area contributed by atoms with Gasteiger partial charge in [-0.05, 0) is 18.1 Å². The van der Waals surface area contributed by atoms with Crippen LogP contribution < -0.4 is 5.73 Å². The van der Waals surface area contributed by atoms with Gasteiger partial charge in [-0.25, -0.2) is 0 Å². The van der Waals surface area contributed by atoms with Gasteiger partial charge in [0.2, 0.25) is 0 Å². The molecular weight excluding hydrogens is 230 g/mol. The second-order valence-electron chi connectivity index (χ2n) is 3.16.